The molecule has 0 radical (unpaired) electrons. The number of likely N-dealkylation sites (tertiary alicyclic amines) is 1. The molecule has 8 nitrogen and oxygen atoms in total. The lowest BCUT2D eigenvalue weighted by molar-refractivity contribution is -0.141. The zero-order valence-electron chi connectivity index (χ0n) is 10.2. The maximum absolute atomic E-state index is 11.9. The van der Waals surface area contributed by atoms with Gasteiger partial charge in [0, 0.05) is 19.0 Å². The van der Waals surface area contributed by atoms with Crippen LogP contribution in [-0.2, 0) is 14.6 Å². The molecule has 0 bridgehead atoms. The van der Waals surface area contributed by atoms with Gasteiger partial charge in [-0.1, -0.05) is 0 Å². The van der Waals surface area contributed by atoms with Crippen molar-refractivity contribution in [3.8, 4) is 0 Å². The zero-order valence-corrected chi connectivity index (χ0v) is 11.0. The fourth-order valence-corrected chi connectivity index (χ4v) is 4.11. The number of carbonyl (C=O) groups is 2. The molecule has 108 valence electrons. The van der Waals surface area contributed by atoms with Crippen LogP contribution in [0.2, 0.25) is 0 Å². The van der Waals surface area contributed by atoms with Gasteiger partial charge in [-0.15, -0.1) is 0 Å². The molecule has 3 N–H and O–H groups in total. The van der Waals surface area contributed by atoms with Crippen LogP contribution in [0.1, 0.15) is 12.8 Å². The van der Waals surface area contributed by atoms with Crippen LogP contribution < -0.4 is 5.32 Å². The Bertz CT molecular complexity index is 490. The van der Waals surface area contributed by atoms with Crippen molar-refractivity contribution < 1.29 is 28.2 Å². The van der Waals surface area contributed by atoms with E-state index >= 15 is 0 Å². The molecule has 2 aliphatic rings. The first-order valence-electron chi connectivity index (χ1n) is 5.97. The van der Waals surface area contributed by atoms with Crippen LogP contribution in [0.15, 0.2) is 0 Å². The minimum absolute atomic E-state index is 0.00822. The molecule has 0 aromatic heterocycles. The number of nitrogens with one attached hydrogen (secondary N) is 1. The summed E-state index contributed by atoms with van der Waals surface area (Å²) in [5.74, 6) is -1.26. The Morgan fingerprint density at radius 2 is 2.00 bits per heavy atom. The summed E-state index contributed by atoms with van der Waals surface area (Å²) in [7, 11) is -3.10. The third-order valence-electron chi connectivity index (χ3n) is 3.38. The number of aliphatic carboxylic acids is 1. The van der Waals surface area contributed by atoms with Gasteiger partial charge < -0.3 is 20.4 Å². The van der Waals surface area contributed by atoms with Crippen molar-refractivity contribution in [2.24, 2.45) is 0 Å². The summed E-state index contributed by atoms with van der Waals surface area (Å²) in [6.07, 6.45) is -0.535. The average molecular weight is 292 g/mol. The van der Waals surface area contributed by atoms with Gasteiger partial charge in [0.05, 0.1) is 17.6 Å². The highest BCUT2D eigenvalue weighted by Crippen LogP contribution is 2.19. The second-order valence-electron chi connectivity index (χ2n) is 4.95. The molecule has 2 amide bonds. The molecular weight excluding hydrogens is 276 g/mol. The molecule has 0 saturated carbocycles. The number of sulfone groups is 1. The molecule has 9 heteroatoms. The monoisotopic (exact) mass is 292 g/mol. The lowest BCUT2D eigenvalue weighted by atomic mass is 10.2. The largest absolute Gasteiger partial charge is 0.480 e. The fourth-order valence-electron chi connectivity index (χ4n) is 2.44. The Morgan fingerprint density at radius 1 is 1.32 bits per heavy atom. The number of rotatable bonds is 2. The molecule has 0 aromatic carbocycles. The number of carboxylic acid groups (broad SMARTS) is 1. The second kappa shape index (κ2) is 4.97. The summed E-state index contributed by atoms with van der Waals surface area (Å²) >= 11 is 0. The predicted octanol–water partition coefficient (Wildman–Crippen LogP) is -1.60. The first-order valence-corrected chi connectivity index (χ1v) is 7.79. The van der Waals surface area contributed by atoms with E-state index in [1.54, 1.807) is 0 Å². The van der Waals surface area contributed by atoms with E-state index in [1.165, 1.54) is 0 Å². The van der Waals surface area contributed by atoms with Crippen molar-refractivity contribution in [1.82, 2.24) is 10.2 Å². The van der Waals surface area contributed by atoms with Gasteiger partial charge in [0.2, 0.25) is 0 Å². The predicted molar refractivity (Wildman–Crippen MR) is 64.3 cm³/mol. The Labute approximate surface area is 110 Å². The summed E-state index contributed by atoms with van der Waals surface area (Å²) < 4.78 is 22.5. The molecule has 0 aromatic rings. The van der Waals surface area contributed by atoms with Gasteiger partial charge in [0.25, 0.3) is 0 Å². The molecular formula is C10H16N2O6S. The zero-order chi connectivity index (χ0) is 14.2. The molecule has 2 aliphatic heterocycles. The number of β-amino-alcohol motifs (C(OH)–C–C–N with tert-alkyl or cyclic N) is 1. The molecule has 0 spiro atoms. The highest BCUT2D eigenvalue weighted by Gasteiger charge is 2.40. The van der Waals surface area contributed by atoms with Crippen LogP contribution in [0.25, 0.3) is 0 Å². The van der Waals surface area contributed by atoms with Gasteiger partial charge >= 0.3 is 12.0 Å². The Balaban J connectivity index is 1.98. The van der Waals surface area contributed by atoms with E-state index in [1.807, 2.05) is 0 Å². The van der Waals surface area contributed by atoms with Crippen molar-refractivity contribution in [2.45, 2.75) is 31.0 Å². The van der Waals surface area contributed by atoms with Crippen LogP contribution in [0.5, 0.6) is 0 Å². The summed E-state index contributed by atoms with van der Waals surface area (Å²) in [5.41, 5.74) is 0. The van der Waals surface area contributed by atoms with Crippen molar-refractivity contribution in [3.05, 3.63) is 0 Å². The first-order chi connectivity index (χ1) is 8.78. The van der Waals surface area contributed by atoms with E-state index in [4.69, 9.17) is 5.11 Å². The second-order valence-corrected chi connectivity index (χ2v) is 7.17. The van der Waals surface area contributed by atoms with Crippen LogP contribution in [-0.4, -0.2) is 71.8 Å². The molecule has 0 aliphatic carbocycles. The lowest BCUT2D eigenvalue weighted by Crippen LogP contribution is -2.49. The van der Waals surface area contributed by atoms with E-state index in [9.17, 15) is 23.1 Å². The highest BCUT2D eigenvalue weighted by molar-refractivity contribution is 7.91. The summed E-state index contributed by atoms with van der Waals surface area (Å²) in [6, 6.07) is -2.18. The summed E-state index contributed by atoms with van der Waals surface area (Å²) in [4.78, 5) is 23.9. The average Bonchev–Trinajstić information content (AvgIpc) is 2.82. The van der Waals surface area contributed by atoms with E-state index in [0.29, 0.717) is 6.42 Å². The van der Waals surface area contributed by atoms with Gasteiger partial charge in [-0.05, 0) is 6.42 Å². The van der Waals surface area contributed by atoms with Gasteiger partial charge in [0.15, 0.2) is 9.84 Å². The number of aliphatic hydroxyl groups excluding tert-OH is 1. The lowest BCUT2D eigenvalue weighted by Gasteiger charge is -2.23. The third-order valence-corrected chi connectivity index (χ3v) is 5.15. The first kappa shape index (κ1) is 14.1. The third kappa shape index (κ3) is 3.16. The van der Waals surface area contributed by atoms with Gasteiger partial charge in [-0.2, -0.15) is 0 Å². The fraction of sp³-hybridized carbons (Fsp3) is 0.800. The van der Waals surface area contributed by atoms with Crippen molar-refractivity contribution in [2.75, 3.05) is 18.1 Å². The number of nitrogens with zero attached hydrogens (tertiary/aromatic N) is 1. The summed E-state index contributed by atoms with van der Waals surface area (Å²) in [6.45, 7) is -0.0533. The number of amides is 2. The maximum Gasteiger partial charge on any atom is 0.326 e. The number of aliphatic hydroxyl groups is 1. The SMILES string of the molecule is O=C(O)[C@@H]1C[C@@H](O)CN1C(=O)NC1CCS(=O)(=O)C1. The quantitative estimate of drug-likeness (QED) is 0.563. The van der Waals surface area contributed by atoms with Crippen molar-refractivity contribution in [3.63, 3.8) is 0 Å². The van der Waals surface area contributed by atoms with Gasteiger partial charge in [0.1, 0.15) is 6.04 Å². The van der Waals surface area contributed by atoms with Gasteiger partial charge in [-0.3, -0.25) is 0 Å². The van der Waals surface area contributed by atoms with E-state index in [2.05, 4.69) is 5.32 Å². The minimum Gasteiger partial charge on any atom is -0.480 e. The van der Waals surface area contributed by atoms with Crippen LogP contribution >= 0.6 is 0 Å². The number of hydrogen-bond donors (Lipinski definition) is 3. The maximum atomic E-state index is 11.9. The van der Waals surface area contributed by atoms with E-state index in [0.717, 1.165) is 4.90 Å². The van der Waals surface area contributed by atoms with Crippen molar-refractivity contribution in [1.29, 1.82) is 0 Å². The Morgan fingerprint density at radius 3 is 2.53 bits per heavy atom. The standard InChI is InChI=1S/C10H16N2O6S/c13-7-3-8(9(14)15)12(4-7)10(16)11-6-1-2-19(17,18)5-6/h6-8,13H,1-5H2,(H,11,16)(H,14,15)/t6?,7-,8+/m1/s1. The molecule has 2 rings (SSSR count). The normalized spacial score (nSPS) is 33.3. The molecule has 2 fully saturated rings. The minimum atomic E-state index is -3.10. The number of hydrogen-bond acceptors (Lipinski definition) is 5. The molecule has 3 atom stereocenters. The molecule has 2 heterocycles. The van der Waals surface area contributed by atoms with Crippen LogP contribution in [0.4, 0.5) is 4.79 Å². The molecule has 2 saturated heterocycles. The Hall–Kier alpha value is -1.35. The van der Waals surface area contributed by atoms with Crippen molar-refractivity contribution >= 4 is 21.8 Å². The van der Waals surface area contributed by atoms with Crippen LogP contribution in [0.3, 0.4) is 0 Å². The summed E-state index contributed by atoms with van der Waals surface area (Å²) in [5, 5.41) is 20.9. The Kier molecular flexibility index (Phi) is 3.68. The number of carbonyl (C=O) groups excluding carboxylic acids is 1. The molecule has 1 unspecified atom stereocenters. The smallest absolute Gasteiger partial charge is 0.326 e. The van der Waals surface area contributed by atoms with Crippen LogP contribution in [0, 0.1) is 0 Å². The number of urea groups is 1. The van der Waals surface area contributed by atoms with E-state index < -0.39 is 40.0 Å². The number of carboxylic acids is 1. The van der Waals surface area contributed by atoms with Gasteiger partial charge in [-0.25, -0.2) is 18.0 Å². The van der Waals surface area contributed by atoms with E-state index in [-0.39, 0.29) is 24.5 Å². The highest BCUT2D eigenvalue weighted by atomic mass is 32.2. The topological polar surface area (TPSA) is 124 Å². The molecule has 19 heavy (non-hydrogen) atoms.